The molecule has 94 valence electrons. The van der Waals surface area contributed by atoms with Crippen molar-refractivity contribution in [3.8, 4) is 0 Å². The lowest BCUT2D eigenvalue weighted by molar-refractivity contribution is 0.0875. The third-order valence-corrected chi connectivity index (χ3v) is 2.61. The minimum absolute atomic E-state index is 0.280. The minimum atomic E-state index is 0.280. The van der Waals surface area contributed by atoms with Crippen LogP contribution in [0.2, 0.25) is 0 Å². The number of aromatic nitrogens is 2. The highest BCUT2D eigenvalue weighted by atomic mass is 16.5. The van der Waals surface area contributed by atoms with E-state index in [1.54, 1.807) is 0 Å². The van der Waals surface area contributed by atoms with E-state index in [0.29, 0.717) is 6.04 Å². The smallest absolute Gasteiger partial charge is 0.223 e. The zero-order valence-electron chi connectivity index (χ0n) is 10.1. The van der Waals surface area contributed by atoms with Gasteiger partial charge < -0.3 is 21.1 Å². The standard InChI is InChI=1S/C11H19N5O/c1-2-13-9-6-10(16-11(12)15-9)14-8-4-3-5-17-7-8/h6,8H,2-5,7H2,1H3,(H4,12,13,14,15,16). The van der Waals surface area contributed by atoms with Crippen molar-refractivity contribution in [2.75, 3.05) is 36.1 Å². The van der Waals surface area contributed by atoms with Gasteiger partial charge in [-0.15, -0.1) is 0 Å². The van der Waals surface area contributed by atoms with E-state index in [9.17, 15) is 0 Å². The molecular formula is C11H19N5O. The number of hydrogen-bond acceptors (Lipinski definition) is 6. The van der Waals surface area contributed by atoms with Crippen LogP contribution in [0, 0.1) is 0 Å². The third kappa shape index (κ3) is 3.45. The monoisotopic (exact) mass is 237 g/mol. The van der Waals surface area contributed by atoms with Crippen LogP contribution in [0.3, 0.4) is 0 Å². The molecule has 17 heavy (non-hydrogen) atoms. The fraction of sp³-hybridized carbons (Fsp3) is 0.636. The van der Waals surface area contributed by atoms with Crippen molar-refractivity contribution in [3.63, 3.8) is 0 Å². The van der Waals surface area contributed by atoms with E-state index in [1.165, 1.54) is 0 Å². The molecule has 1 aromatic heterocycles. The largest absolute Gasteiger partial charge is 0.379 e. The number of hydrogen-bond donors (Lipinski definition) is 3. The molecule has 1 aliphatic heterocycles. The highest BCUT2D eigenvalue weighted by molar-refractivity contribution is 5.51. The second-order valence-electron chi connectivity index (χ2n) is 4.09. The maximum absolute atomic E-state index is 5.66. The quantitative estimate of drug-likeness (QED) is 0.726. The first-order valence-corrected chi connectivity index (χ1v) is 6.00. The van der Waals surface area contributed by atoms with Gasteiger partial charge in [0, 0.05) is 19.2 Å². The van der Waals surface area contributed by atoms with Gasteiger partial charge in [0.05, 0.1) is 12.6 Å². The average molecular weight is 237 g/mol. The van der Waals surface area contributed by atoms with Gasteiger partial charge in [-0.1, -0.05) is 0 Å². The third-order valence-electron chi connectivity index (χ3n) is 2.61. The van der Waals surface area contributed by atoms with E-state index in [4.69, 9.17) is 10.5 Å². The lowest BCUT2D eigenvalue weighted by Gasteiger charge is -2.23. The van der Waals surface area contributed by atoms with Gasteiger partial charge in [0.25, 0.3) is 0 Å². The van der Waals surface area contributed by atoms with Gasteiger partial charge in [-0.05, 0) is 19.8 Å². The summed E-state index contributed by atoms with van der Waals surface area (Å²) in [5, 5.41) is 6.45. The molecule has 1 saturated heterocycles. The van der Waals surface area contributed by atoms with Crippen LogP contribution >= 0.6 is 0 Å². The van der Waals surface area contributed by atoms with Crippen LogP contribution in [0.5, 0.6) is 0 Å². The molecule has 0 radical (unpaired) electrons. The Morgan fingerprint density at radius 3 is 3.00 bits per heavy atom. The Morgan fingerprint density at radius 1 is 1.47 bits per heavy atom. The molecule has 0 aromatic carbocycles. The van der Waals surface area contributed by atoms with Crippen LogP contribution in [0.4, 0.5) is 17.6 Å². The van der Waals surface area contributed by atoms with Gasteiger partial charge in [-0.2, -0.15) is 9.97 Å². The second kappa shape index (κ2) is 5.67. The first-order valence-electron chi connectivity index (χ1n) is 6.00. The van der Waals surface area contributed by atoms with Crippen molar-refractivity contribution in [1.29, 1.82) is 0 Å². The van der Waals surface area contributed by atoms with Crippen LogP contribution < -0.4 is 16.4 Å². The van der Waals surface area contributed by atoms with Crippen molar-refractivity contribution in [2.45, 2.75) is 25.8 Å². The van der Waals surface area contributed by atoms with Crippen LogP contribution in [-0.4, -0.2) is 35.8 Å². The lowest BCUT2D eigenvalue weighted by Crippen LogP contribution is -2.30. The summed E-state index contributed by atoms with van der Waals surface area (Å²) in [6.07, 6.45) is 2.18. The predicted molar refractivity (Wildman–Crippen MR) is 68.1 cm³/mol. The Kier molecular flexibility index (Phi) is 3.98. The summed E-state index contributed by atoms with van der Waals surface area (Å²) < 4.78 is 5.41. The fourth-order valence-electron chi connectivity index (χ4n) is 1.88. The Hall–Kier alpha value is -1.56. The van der Waals surface area contributed by atoms with Crippen LogP contribution in [0.15, 0.2) is 6.07 Å². The van der Waals surface area contributed by atoms with Gasteiger partial charge in [0.15, 0.2) is 0 Å². The summed E-state index contributed by atoms with van der Waals surface area (Å²) in [7, 11) is 0. The van der Waals surface area contributed by atoms with Crippen molar-refractivity contribution in [1.82, 2.24) is 9.97 Å². The first-order chi connectivity index (χ1) is 8.28. The molecule has 1 atom stereocenters. The molecular weight excluding hydrogens is 218 g/mol. The molecule has 0 aliphatic carbocycles. The zero-order valence-corrected chi connectivity index (χ0v) is 10.1. The van der Waals surface area contributed by atoms with E-state index < -0.39 is 0 Å². The number of nitrogens with zero attached hydrogens (tertiary/aromatic N) is 2. The maximum Gasteiger partial charge on any atom is 0.223 e. The van der Waals surface area contributed by atoms with E-state index in [2.05, 4.69) is 20.6 Å². The molecule has 1 aromatic rings. The van der Waals surface area contributed by atoms with Crippen molar-refractivity contribution >= 4 is 17.6 Å². The molecule has 0 spiro atoms. The van der Waals surface area contributed by atoms with Gasteiger partial charge in [0.1, 0.15) is 11.6 Å². The summed E-state index contributed by atoms with van der Waals surface area (Å²) in [6, 6.07) is 2.18. The van der Waals surface area contributed by atoms with Crippen molar-refractivity contribution < 1.29 is 4.74 Å². The van der Waals surface area contributed by atoms with Gasteiger partial charge in [-0.25, -0.2) is 0 Å². The average Bonchev–Trinajstić information content (AvgIpc) is 2.30. The van der Waals surface area contributed by atoms with Gasteiger partial charge in [0.2, 0.25) is 5.95 Å². The molecule has 0 saturated carbocycles. The highest BCUT2D eigenvalue weighted by Gasteiger charge is 2.14. The topological polar surface area (TPSA) is 85.1 Å². The van der Waals surface area contributed by atoms with Crippen molar-refractivity contribution in [2.24, 2.45) is 0 Å². The van der Waals surface area contributed by atoms with E-state index in [-0.39, 0.29) is 5.95 Å². The number of anilines is 3. The van der Waals surface area contributed by atoms with Crippen molar-refractivity contribution in [3.05, 3.63) is 6.07 Å². The highest BCUT2D eigenvalue weighted by Crippen LogP contribution is 2.16. The molecule has 2 heterocycles. The summed E-state index contributed by atoms with van der Waals surface area (Å²) >= 11 is 0. The molecule has 1 aliphatic rings. The summed E-state index contributed by atoms with van der Waals surface area (Å²) in [6.45, 7) is 4.40. The zero-order chi connectivity index (χ0) is 12.1. The SMILES string of the molecule is CCNc1cc(NC2CCCOC2)nc(N)n1. The molecule has 6 nitrogen and oxygen atoms in total. The number of rotatable bonds is 4. The molecule has 0 amide bonds. The molecule has 0 bridgehead atoms. The van der Waals surface area contributed by atoms with E-state index in [0.717, 1.165) is 44.2 Å². The molecule has 4 N–H and O–H groups in total. The van der Waals surface area contributed by atoms with Gasteiger partial charge >= 0.3 is 0 Å². The van der Waals surface area contributed by atoms with Crippen LogP contribution in [-0.2, 0) is 4.74 Å². The van der Waals surface area contributed by atoms with Crippen LogP contribution in [0.25, 0.3) is 0 Å². The summed E-state index contributed by atoms with van der Waals surface area (Å²) in [4.78, 5) is 8.27. The second-order valence-corrected chi connectivity index (χ2v) is 4.09. The number of nitrogens with two attached hydrogens (primary N) is 1. The molecule has 6 heteroatoms. The minimum Gasteiger partial charge on any atom is -0.379 e. The lowest BCUT2D eigenvalue weighted by atomic mass is 10.1. The number of ether oxygens (including phenoxy) is 1. The fourth-order valence-corrected chi connectivity index (χ4v) is 1.88. The molecule has 1 fully saturated rings. The first kappa shape index (κ1) is 11.9. The van der Waals surface area contributed by atoms with E-state index >= 15 is 0 Å². The van der Waals surface area contributed by atoms with Gasteiger partial charge in [-0.3, -0.25) is 0 Å². The summed E-state index contributed by atoms with van der Waals surface area (Å²) in [5.74, 6) is 1.78. The number of nitrogens with one attached hydrogen (secondary N) is 2. The Balaban J connectivity index is 2.03. The Bertz CT molecular complexity index is 365. The molecule has 1 unspecified atom stereocenters. The molecule has 2 rings (SSSR count). The normalized spacial score (nSPS) is 19.9. The van der Waals surface area contributed by atoms with Crippen LogP contribution in [0.1, 0.15) is 19.8 Å². The van der Waals surface area contributed by atoms with E-state index in [1.807, 2.05) is 13.0 Å². The maximum atomic E-state index is 5.66. The Labute approximate surface area is 101 Å². The number of nitrogen functional groups attached to an aromatic ring is 1. The predicted octanol–water partition coefficient (Wildman–Crippen LogP) is 1.08. The summed E-state index contributed by atoms with van der Waals surface area (Å²) in [5.41, 5.74) is 5.66. The Morgan fingerprint density at radius 2 is 2.29 bits per heavy atom.